The standard InChI is InChI=1S/C20H18N2O5S/c1-2-3-11-27-20(24)17-15-9-4-5-10-16(15)28-19(17)21-18(23)13-7-6-8-14(12-13)22(25)26/h4-10,12H,2-3,11H2,1H3,(H,21,23). The average Bonchev–Trinajstić information content (AvgIpc) is 3.06. The fourth-order valence-electron chi connectivity index (χ4n) is 2.65. The second-order valence-electron chi connectivity index (χ2n) is 6.05. The zero-order valence-corrected chi connectivity index (χ0v) is 16.0. The van der Waals surface area contributed by atoms with Gasteiger partial charge in [0.2, 0.25) is 0 Å². The summed E-state index contributed by atoms with van der Waals surface area (Å²) in [5.74, 6) is -1.03. The van der Waals surface area contributed by atoms with Gasteiger partial charge in [0, 0.05) is 27.8 Å². The van der Waals surface area contributed by atoms with Crippen molar-refractivity contribution in [2.45, 2.75) is 19.8 Å². The van der Waals surface area contributed by atoms with Gasteiger partial charge in [0.15, 0.2) is 0 Å². The molecule has 1 heterocycles. The van der Waals surface area contributed by atoms with Gasteiger partial charge in [-0.1, -0.05) is 37.6 Å². The van der Waals surface area contributed by atoms with Gasteiger partial charge >= 0.3 is 5.97 Å². The number of esters is 1. The highest BCUT2D eigenvalue weighted by Crippen LogP contribution is 2.36. The molecule has 3 rings (SSSR count). The molecule has 8 heteroatoms. The third-order valence-electron chi connectivity index (χ3n) is 4.08. The van der Waals surface area contributed by atoms with Gasteiger partial charge in [-0.2, -0.15) is 0 Å². The molecule has 1 aromatic heterocycles. The number of carbonyl (C=O) groups is 2. The molecule has 0 unspecified atom stereocenters. The van der Waals surface area contributed by atoms with Crippen LogP contribution < -0.4 is 5.32 Å². The molecule has 0 radical (unpaired) electrons. The van der Waals surface area contributed by atoms with E-state index < -0.39 is 16.8 Å². The highest BCUT2D eigenvalue weighted by molar-refractivity contribution is 7.23. The van der Waals surface area contributed by atoms with Gasteiger partial charge < -0.3 is 10.1 Å². The minimum absolute atomic E-state index is 0.136. The molecule has 0 bridgehead atoms. The first-order valence-electron chi connectivity index (χ1n) is 8.75. The van der Waals surface area contributed by atoms with Crippen LogP contribution in [0.5, 0.6) is 0 Å². The second kappa shape index (κ2) is 8.62. The van der Waals surface area contributed by atoms with Crippen molar-refractivity contribution in [3.8, 4) is 0 Å². The van der Waals surface area contributed by atoms with Crippen LogP contribution in [0.25, 0.3) is 10.1 Å². The van der Waals surface area contributed by atoms with Crippen molar-refractivity contribution in [2.24, 2.45) is 0 Å². The van der Waals surface area contributed by atoms with Crippen molar-refractivity contribution < 1.29 is 19.2 Å². The summed E-state index contributed by atoms with van der Waals surface area (Å²) in [6.45, 7) is 2.30. The van der Waals surface area contributed by atoms with Crippen LogP contribution in [0.3, 0.4) is 0 Å². The van der Waals surface area contributed by atoms with E-state index in [2.05, 4.69) is 5.32 Å². The number of nitro benzene ring substituents is 1. The maximum atomic E-state index is 12.6. The Labute approximate surface area is 165 Å². The van der Waals surface area contributed by atoms with Gasteiger partial charge in [0.25, 0.3) is 11.6 Å². The Hall–Kier alpha value is -3.26. The van der Waals surface area contributed by atoms with Gasteiger partial charge in [-0.15, -0.1) is 11.3 Å². The maximum absolute atomic E-state index is 12.6. The molecule has 3 aromatic rings. The molecule has 0 atom stereocenters. The molecule has 0 fully saturated rings. The number of thiophene rings is 1. The average molecular weight is 398 g/mol. The number of rotatable bonds is 7. The van der Waals surface area contributed by atoms with Crippen LogP contribution in [0.4, 0.5) is 10.7 Å². The van der Waals surface area contributed by atoms with Crippen molar-refractivity contribution in [2.75, 3.05) is 11.9 Å². The van der Waals surface area contributed by atoms with Crippen LogP contribution in [0.1, 0.15) is 40.5 Å². The summed E-state index contributed by atoms with van der Waals surface area (Å²) < 4.78 is 6.17. The molecule has 1 N–H and O–H groups in total. The summed E-state index contributed by atoms with van der Waals surface area (Å²) in [7, 11) is 0. The fourth-order valence-corrected chi connectivity index (χ4v) is 3.74. The van der Waals surface area contributed by atoms with E-state index in [1.807, 2.05) is 25.1 Å². The highest BCUT2D eigenvalue weighted by atomic mass is 32.1. The molecule has 144 valence electrons. The minimum atomic E-state index is -0.563. The van der Waals surface area contributed by atoms with Gasteiger partial charge in [0.1, 0.15) is 10.6 Å². The Morgan fingerprint density at radius 3 is 2.71 bits per heavy atom. The zero-order chi connectivity index (χ0) is 20.1. The number of non-ortho nitro benzene ring substituents is 1. The first kappa shape index (κ1) is 19.5. The highest BCUT2D eigenvalue weighted by Gasteiger charge is 2.22. The predicted octanol–water partition coefficient (Wildman–Crippen LogP) is 5.02. The monoisotopic (exact) mass is 398 g/mol. The van der Waals surface area contributed by atoms with E-state index >= 15 is 0 Å². The number of unbranched alkanes of at least 4 members (excludes halogenated alkanes) is 1. The van der Waals surface area contributed by atoms with Crippen LogP contribution in [-0.4, -0.2) is 23.4 Å². The largest absolute Gasteiger partial charge is 0.462 e. The molecule has 0 aliphatic rings. The third-order valence-corrected chi connectivity index (χ3v) is 5.16. The van der Waals surface area contributed by atoms with E-state index in [1.165, 1.54) is 35.6 Å². The molecule has 0 aliphatic heterocycles. The van der Waals surface area contributed by atoms with Crippen molar-refractivity contribution in [3.63, 3.8) is 0 Å². The van der Waals surface area contributed by atoms with Gasteiger partial charge in [-0.05, 0) is 18.6 Å². The molecule has 2 aromatic carbocycles. The van der Waals surface area contributed by atoms with Crippen LogP contribution in [0, 0.1) is 10.1 Å². The first-order chi connectivity index (χ1) is 13.5. The first-order valence-corrected chi connectivity index (χ1v) is 9.57. The second-order valence-corrected chi connectivity index (χ2v) is 7.11. The van der Waals surface area contributed by atoms with Crippen molar-refractivity contribution in [1.29, 1.82) is 0 Å². The number of nitrogens with one attached hydrogen (secondary N) is 1. The number of nitro groups is 1. The molecule has 0 spiro atoms. The number of nitrogens with zero attached hydrogens (tertiary/aromatic N) is 1. The summed E-state index contributed by atoms with van der Waals surface area (Å²) in [4.78, 5) is 35.6. The topological polar surface area (TPSA) is 98.5 Å². The normalized spacial score (nSPS) is 10.6. The van der Waals surface area contributed by atoms with Gasteiger partial charge in [-0.25, -0.2) is 4.79 Å². The van der Waals surface area contributed by atoms with Crippen molar-refractivity contribution >= 4 is 44.0 Å². The lowest BCUT2D eigenvalue weighted by Gasteiger charge is -2.07. The Kier molecular flexibility index (Phi) is 6.00. The number of hydrogen-bond acceptors (Lipinski definition) is 6. The number of hydrogen-bond donors (Lipinski definition) is 1. The molecular weight excluding hydrogens is 380 g/mol. The zero-order valence-electron chi connectivity index (χ0n) is 15.1. The molecule has 1 amide bonds. The lowest BCUT2D eigenvalue weighted by Crippen LogP contribution is -2.15. The molecule has 0 aliphatic carbocycles. The number of ether oxygens (including phenoxy) is 1. The van der Waals surface area contributed by atoms with E-state index in [-0.39, 0.29) is 11.3 Å². The summed E-state index contributed by atoms with van der Waals surface area (Å²) in [5.41, 5.74) is 0.260. The quantitative estimate of drug-likeness (QED) is 0.261. The predicted molar refractivity (Wildman–Crippen MR) is 108 cm³/mol. The Balaban J connectivity index is 1.93. The Bertz CT molecular complexity index is 1040. The van der Waals surface area contributed by atoms with E-state index in [4.69, 9.17) is 4.74 Å². The SMILES string of the molecule is CCCCOC(=O)c1c(NC(=O)c2cccc([N+](=O)[O-])c2)sc2ccccc12. The number of amides is 1. The Morgan fingerprint density at radius 1 is 1.18 bits per heavy atom. The number of anilines is 1. The fraction of sp³-hybridized carbons (Fsp3) is 0.200. The third kappa shape index (κ3) is 4.17. The Morgan fingerprint density at radius 2 is 1.96 bits per heavy atom. The van der Waals surface area contributed by atoms with E-state index in [1.54, 1.807) is 6.07 Å². The molecule has 0 saturated carbocycles. The number of benzene rings is 2. The lowest BCUT2D eigenvalue weighted by atomic mass is 10.1. The van der Waals surface area contributed by atoms with E-state index in [0.29, 0.717) is 22.6 Å². The van der Waals surface area contributed by atoms with Crippen LogP contribution in [-0.2, 0) is 4.74 Å². The van der Waals surface area contributed by atoms with E-state index in [9.17, 15) is 19.7 Å². The van der Waals surface area contributed by atoms with Crippen LogP contribution in [0.2, 0.25) is 0 Å². The smallest absolute Gasteiger partial charge is 0.341 e. The van der Waals surface area contributed by atoms with Gasteiger partial charge in [0.05, 0.1) is 11.5 Å². The van der Waals surface area contributed by atoms with Crippen molar-refractivity contribution in [1.82, 2.24) is 0 Å². The minimum Gasteiger partial charge on any atom is -0.462 e. The molecule has 28 heavy (non-hydrogen) atoms. The molecule has 7 nitrogen and oxygen atoms in total. The summed E-state index contributed by atoms with van der Waals surface area (Å²) in [6, 6.07) is 12.7. The summed E-state index contributed by atoms with van der Waals surface area (Å²) in [6.07, 6.45) is 1.65. The molecular formula is C20H18N2O5S. The number of fused-ring (bicyclic) bond motifs is 1. The van der Waals surface area contributed by atoms with Crippen LogP contribution >= 0.6 is 11.3 Å². The van der Waals surface area contributed by atoms with Gasteiger partial charge in [-0.3, -0.25) is 14.9 Å². The van der Waals surface area contributed by atoms with Crippen molar-refractivity contribution in [3.05, 3.63) is 69.8 Å². The maximum Gasteiger partial charge on any atom is 0.341 e. The molecule has 0 saturated heterocycles. The lowest BCUT2D eigenvalue weighted by molar-refractivity contribution is -0.384. The summed E-state index contributed by atoms with van der Waals surface area (Å²) >= 11 is 1.26. The number of carbonyl (C=O) groups excluding carboxylic acids is 2. The van der Waals surface area contributed by atoms with Crippen LogP contribution in [0.15, 0.2) is 48.5 Å². The van der Waals surface area contributed by atoms with E-state index in [0.717, 1.165) is 17.5 Å². The summed E-state index contributed by atoms with van der Waals surface area (Å²) in [5, 5.41) is 14.7.